The molecule has 0 amide bonds. The summed E-state index contributed by atoms with van der Waals surface area (Å²) >= 11 is 0. The van der Waals surface area contributed by atoms with Crippen molar-refractivity contribution < 1.29 is 19.4 Å². The molecule has 7 heteroatoms. The van der Waals surface area contributed by atoms with E-state index in [9.17, 15) is 9.90 Å². The number of methoxy groups -OCH3 is 2. The lowest BCUT2D eigenvalue weighted by Gasteiger charge is -2.10. The number of aryl methyl sites for hydroxylation is 1. The summed E-state index contributed by atoms with van der Waals surface area (Å²) in [4.78, 5) is 11.9. The van der Waals surface area contributed by atoms with E-state index < -0.39 is 5.97 Å². The van der Waals surface area contributed by atoms with Gasteiger partial charge in [-0.2, -0.15) is 5.10 Å². The minimum absolute atomic E-state index is 0.136. The van der Waals surface area contributed by atoms with Gasteiger partial charge in [-0.25, -0.2) is 4.79 Å². The summed E-state index contributed by atoms with van der Waals surface area (Å²) in [7, 11) is 3.15. The second-order valence-electron chi connectivity index (χ2n) is 7.32. The maximum atomic E-state index is 11.9. The molecule has 0 aliphatic rings. The monoisotopic (exact) mass is 419 g/mol. The molecule has 31 heavy (non-hydrogen) atoms. The zero-order valence-corrected chi connectivity index (χ0v) is 17.8. The lowest BCUT2D eigenvalue weighted by Crippen LogP contribution is -2.11. The maximum Gasteiger partial charge on any atom is 0.354 e. The number of hydrogen-bond acceptors (Lipinski definition) is 4. The Hall–Kier alpha value is -3.74. The zero-order chi connectivity index (χ0) is 22.0. The van der Waals surface area contributed by atoms with Crippen molar-refractivity contribution in [1.82, 2.24) is 14.3 Å². The van der Waals surface area contributed by atoms with Crippen LogP contribution in [0, 0.1) is 0 Å². The van der Waals surface area contributed by atoms with Crippen LogP contribution < -0.4 is 9.47 Å². The first-order chi connectivity index (χ1) is 15.0. The van der Waals surface area contributed by atoms with E-state index in [-0.39, 0.29) is 5.69 Å². The molecule has 0 spiro atoms. The predicted molar refractivity (Wildman–Crippen MR) is 119 cm³/mol. The highest BCUT2D eigenvalue weighted by molar-refractivity contribution is 5.96. The molecule has 0 atom stereocenters. The van der Waals surface area contributed by atoms with Crippen LogP contribution in [0.4, 0.5) is 0 Å². The van der Waals surface area contributed by atoms with Crippen molar-refractivity contribution in [3.05, 3.63) is 66.0 Å². The van der Waals surface area contributed by atoms with E-state index in [1.807, 2.05) is 30.3 Å². The molecule has 0 bridgehead atoms. The van der Waals surface area contributed by atoms with Crippen molar-refractivity contribution in [1.29, 1.82) is 0 Å². The number of rotatable bonds is 8. The van der Waals surface area contributed by atoms with Crippen molar-refractivity contribution in [3.63, 3.8) is 0 Å². The number of aromatic nitrogens is 3. The van der Waals surface area contributed by atoms with Gasteiger partial charge in [-0.3, -0.25) is 4.68 Å². The fourth-order valence-electron chi connectivity index (χ4n) is 3.87. The smallest absolute Gasteiger partial charge is 0.354 e. The van der Waals surface area contributed by atoms with Gasteiger partial charge in [0, 0.05) is 29.2 Å². The Labute approximate surface area is 180 Å². The third kappa shape index (κ3) is 3.86. The Morgan fingerprint density at radius 1 is 1.06 bits per heavy atom. The summed E-state index contributed by atoms with van der Waals surface area (Å²) in [6.07, 6.45) is 3.06. The van der Waals surface area contributed by atoms with Crippen molar-refractivity contribution >= 4 is 16.9 Å². The second-order valence-corrected chi connectivity index (χ2v) is 7.32. The molecule has 0 aliphatic heterocycles. The average molecular weight is 419 g/mol. The van der Waals surface area contributed by atoms with Crippen LogP contribution in [0.3, 0.4) is 0 Å². The Morgan fingerprint density at radius 2 is 1.84 bits per heavy atom. The summed E-state index contributed by atoms with van der Waals surface area (Å²) in [6.45, 7) is 3.32. The van der Waals surface area contributed by atoms with Crippen LogP contribution in [0.1, 0.15) is 29.4 Å². The molecular weight excluding hydrogens is 394 g/mol. The number of benzene rings is 2. The molecule has 2 heterocycles. The molecule has 0 unspecified atom stereocenters. The Kier molecular flexibility index (Phi) is 5.66. The summed E-state index contributed by atoms with van der Waals surface area (Å²) in [5.41, 5.74) is 3.69. The van der Waals surface area contributed by atoms with Crippen molar-refractivity contribution in [2.24, 2.45) is 0 Å². The van der Waals surface area contributed by atoms with Gasteiger partial charge in [-0.05, 0) is 36.2 Å². The van der Waals surface area contributed by atoms with Crippen LogP contribution in [-0.2, 0) is 13.1 Å². The lowest BCUT2D eigenvalue weighted by molar-refractivity contribution is 0.0684. The topological polar surface area (TPSA) is 78.5 Å². The third-order valence-electron chi connectivity index (χ3n) is 5.31. The highest BCUT2D eigenvalue weighted by Gasteiger charge is 2.19. The first kappa shape index (κ1) is 20.5. The van der Waals surface area contributed by atoms with Crippen LogP contribution in [0.5, 0.6) is 11.5 Å². The minimum atomic E-state index is -1.02. The van der Waals surface area contributed by atoms with Crippen LogP contribution >= 0.6 is 0 Å². The van der Waals surface area contributed by atoms with Crippen LogP contribution in [0.25, 0.3) is 22.2 Å². The first-order valence-electron chi connectivity index (χ1n) is 10.2. The van der Waals surface area contributed by atoms with E-state index in [0.29, 0.717) is 23.7 Å². The van der Waals surface area contributed by atoms with Gasteiger partial charge in [0.05, 0.1) is 26.5 Å². The van der Waals surface area contributed by atoms with E-state index >= 15 is 0 Å². The van der Waals surface area contributed by atoms with Crippen LogP contribution in [0.2, 0.25) is 0 Å². The zero-order valence-electron chi connectivity index (χ0n) is 17.8. The normalized spacial score (nSPS) is 11.1. The van der Waals surface area contributed by atoms with E-state index in [4.69, 9.17) is 9.47 Å². The second kappa shape index (κ2) is 8.55. The highest BCUT2D eigenvalue weighted by atomic mass is 16.5. The molecule has 4 rings (SSSR count). The van der Waals surface area contributed by atoms with Crippen molar-refractivity contribution in [2.45, 2.75) is 26.4 Å². The third-order valence-corrected chi connectivity index (χ3v) is 5.31. The van der Waals surface area contributed by atoms with Gasteiger partial charge in [0.2, 0.25) is 0 Å². The number of aromatic carboxylic acids is 1. The molecule has 0 aliphatic carbocycles. The Balaban J connectivity index is 1.77. The highest BCUT2D eigenvalue weighted by Crippen LogP contribution is 2.32. The van der Waals surface area contributed by atoms with Gasteiger partial charge in [-0.15, -0.1) is 0 Å². The van der Waals surface area contributed by atoms with Gasteiger partial charge >= 0.3 is 5.97 Å². The molecule has 160 valence electrons. The number of para-hydroxylation sites is 1. The molecule has 1 N–H and O–H groups in total. The number of hydrogen-bond donors (Lipinski definition) is 1. The van der Waals surface area contributed by atoms with Gasteiger partial charge in [0.1, 0.15) is 5.69 Å². The fourth-order valence-corrected chi connectivity index (χ4v) is 3.87. The van der Waals surface area contributed by atoms with E-state index in [1.165, 1.54) is 4.68 Å². The molecule has 2 aromatic heterocycles. The van der Waals surface area contributed by atoms with Gasteiger partial charge in [0.25, 0.3) is 0 Å². The summed E-state index contributed by atoms with van der Waals surface area (Å²) in [5.74, 6) is 0.193. The summed E-state index contributed by atoms with van der Waals surface area (Å²) in [6, 6.07) is 15.3. The average Bonchev–Trinajstić information content (AvgIpc) is 3.36. The summed E-state index contributed by atoms with van der Waals surface area (Å²) < 4.78 is 14.4. The number of carbonyl (C=O) groups is 1. The van der Waals surface area contributed by atoms with Crippen molar-refractivity contribution in [3.8, 4) is 22.8 Å². The molecule has 0 fully saturated rings. The lowest BCUT2D eigenvalue weighted by atomic mass is 10.1. The largest absolute Gasteiger partial charge is 0.493 e. The molecule has 4 aromatic rings. The van der Waals surface area contributed by atoms with E-state index in [0.717, 1.165) is 35.0 Å². The fraction of sp³-hybridized carbons (Fsp3) is 0.250. The molecule has 2 aromatic carbocycles. The first-order valence-corrected chi connectivity index (χ1v) is 10.2. The Bertz CT molecular complexity index is 1240. The SMILES string of the molecule is CCCn1cc(-c2cc(C(=O)O)n(Cc3ccc(OC)c(OC)c3)n2)c2ccccc21. The van der Waals surface area contributed by atoms with E-state index in [1.54, 1.807) is 26.4 Å². The molecule has 7 nitrogen and oxygen atoms in total. The van der Waals surface area contributed by atoms with Gasteiger partial charge < -0.3 is 19.1 Å². The van der Waals surface area contributed by atoms with E-state index in [2.05, 4.69) is 28.9 Å². The maximum absolute atomic E-state index is 11.9. The molecular formula is C24H25N3O4. The standard InChI is InChI=1S/C24H25N3O4/c1-4-11-26-15-18(17-7-5-6-8-20(17)26)19-13-21(24(28)29)27(25-19)14-16-9-10-22(30-2)23(12-16)31-3/h5-10,12-13,15H,4,11,14H2,1-3H3,(H,28,29). The number of ether oxygens (including phenoxy) is 2. The Morgan fingerprint density at radius 3 is 2.55 bits per heavy atom. The predicted octanol–water partition coefficient (Wildman–Crippen LogP) is 4.68. The van der Waals surface area contributed by atoms with Gasteiger partial charge in [0.15, 0.2) is 11.5 Å². The molecule has 0 saturated carbocycles. The number of nitrogens with zero attached hydrogens (tertiary/aromatic N) is 3. The molecule has 0 radical (unpaired) electrons. The number of carboxylic acids is 1. The van der Waals surface area contributed by atoms with Crippen LogP contribution in [0.15, 0.2) is 54.7 Å². The number of carboxylic acid groups (broad SMARTS) is 1. The summed E-state index contributed by atoms with van der Waals surface area (Å²) in [5, 5.41) is 15.5. The minimum Gasteiger partial charge on any atom is -0.493 e. The van der Waals surface area contributed by atoms with Gasteiger partial charge in [-0.1, -0.05) is 31.2 Å². The quantitative estimate of drug-likeness (QED) is 0.449. The van der Waals surface area contributed by atoms with Crippen molar-refractivity contribution in [2.75, 3.05) is 14.2 Å². The van der Waals surface area contributed by atoms with Crippen LogP contribution in [-0.4, -0.2) is 39.6 Å². The molecule has 0 saturated heterocycles. The number of fused-ring (bicyclic) bond motifs is 1.